The Morgan fingerprint density at radius 2 is 1.81 bits per heavy atom. The number of benzene rings is 3. The van der Waals surface area contributed by atoms with E-state index in [1.807, 2.05) is 29.7 Å². The van der Waals surface area contributed by atoms with E-state index >= 15 is 0 Å². The molecule has 1 atom stereocenters. The molecule has 0 aromatic heterocycles. The molecule has 166 valence electrons. The zero-order valence-electron chi connectivity index (χ0n) is 17.7. The number of anilines is 2. The molecule has 3 aromatic carbocycles. The largest absolute Gasteiger partial charge is 0.377 e. The van der Waals surface area contributed by atoms with Gasteiger partial charge in [-0.15, -0.1) is 0 Å². The number of rotatable bonds is 2. The Kier molecular flexibility index (Phi) is 7.90. The maximum Gasteiger partial charge on any atom is 0.333 e. The van der Waals surface area contributed by atoms with Gasteiger partial charge in [0.15, 0.2) is 5.78 Å². The lowest BCUT2D eigenvalue weighted by molar-refractivity contribution is 0.0972. The fourth-order valence-corrected chi connectivity index (χ4v) is 3.95. The van der Waals surface area contributed by atoms with Gasteiger partial charge in [-0.05, 0) is 67.4 Å². The number of carbonyl (C=O) groups is 2. The van der Waals surface area contributed by atoms with Crippen LogP contribution < -0.4 is 21.9 Å². The molecule has 0 saturated heterocycles. The van der Waals surface area contributed by atoms with Gasteiger partial charge in [0.2, 0.25) is 0 Å². The lowest BCUT2D eigenvalue weighted by Gasteiger charge is -2.27. The predicted molar refractivity (Wildman–Crippen MR) is 133 cm³/mol. The number of hydrogen-bond acceptors (Lipinski definition) is 4. The van der Waals surface area contributed by atoms with Crippen molar-refractivity contribution in [2.75, 3.05) is 10.6 Å². The van der Waals surface area contributed by atoms with Crippen molar-refractivity contribution in [1.29, 1.82) is 0 Å². The summed E-state index contributed by atoms with van der Waals surface area (Å²) < 4.78 is 0.959. The van der Waals surface area contributed by atoms with Crippen LogP contribution in [0.15, 0.2) is 65.1 Å². The number of ketones is 1. The first kappa shape index (κ1) is 23.8. The van der Waals surface area contributed by atoms with E-state index in [9.17, 15) is 9.59 Å². The van der Waals surface area contributed by atoms with Crippen molar-refractivity contribution in [2.45, 2.75) is 26.3 Å². The number of halogens is 2. The summed E-state index contributed by atoms with van der Waals surface area (Å²) in [5.74, 6) is 5.02. The molecular weight excluding hydrogens is 492 g/mol. The number of fused-ring (bicyclic) bond motifs is 1. The van der Waals surface area contributed by atoms with Crippen molar-refractivity contribution in [2.24, 2.45) is 5.84 Å². The molecule has 3 aromatic rings. The summed E-state index contributed by atoms with van der Waals surface area (Å²) in [7, 11) is 0. The fourth-order valence-electron chi connectivity index (χ4n) is 3.51. The standard InChI is InChI=1S/C17H16ClNO.C7H8BrN3O/c1-10-3-5-13(11(2)7-10)16-9-17(20)14-8-12(18)4-6-15(14)19-16;8-5-1-3-6(4-2-5)10-7(12)11-9/h3-8,16,19H,9H2,1-2H3;1-4H,9H2,(H2,10,11,12). The molecule has 32 heavy (non-hydrogen) atoms. The van der Waals surface area contributed by atoms with Gasteiger partial charge < -0.3 is 10.6 Å². The van der Waals surface area contributed by atoms with Gasteiger partial charge in [0.1, 0.15) is 0 Å². The summed E-state index contributed by atoms with van der Waals surface area (Å²) >= 11 is 9.23. The molecule has 5 N–H and O–H groups in total. The van der Waals surface area contributed by atoms with Gasteiger partial charge in [0.25, 0.3) is 0 Å². The van der Waals surface area contributed by atoms with Crippen molar-refractivity contribution >= 4 is 50.7 Å². The molecule has 0 bridgehead atoms. The summed E-state index contributed by atoms with van der Waals surface area (Å²) in [6.45, 7) is 4.17. The molecular formula is C24H24BrClN4O2. The summed E-state index contributed by atoms with van der Waals surface area (Å²) in [5.41, 5.74) is 7.86. The van der Waals surface area contributed by atoms with Crippen molar-refractivity contribution in [3.63, 3.8) is 0 Å². The number of Topliss-reactive ketones (excluding diaryl/α,β-unsaturated/α-hetero) is 1. The van der Waals surface area contributed by atoms with Crippen molar-refractivity contribution in [3.8, 4) is 0 Å². The average molecular weight is 516 g/mol. The number of hydrogen-bond donors (Lipinski definition) is 4. The van der Waals surface area contributed by atoms with Crippen LogP contribution in [0.5, 0.6) is 0 Å². The third-order valence-electron chi connectivity index (χ3n) is 5.04. The Labute approximate surface area is 200 Å². The summed E-state index contributed by atoms with van der Waals surface area (Å²) in [6, 6.07) is 18.6. The van der Waals surface area contributed by atoms with Crippen molar-refractivity contribution in [3.05, 3.63) is 92.4 Å². The minimum Gasteiger partial charge on any atom is -0.377 e. The predicted octanol–water partition coefficient (Wildman–Crippen LogP) is 6.14. The minimum absolute atomic E-state index is 0.0387. The Hall–Kier alpha value is -2.87. The molecule has 0 spiro atoms. The van der Waals surface area contributed by atoms with Crippen LogP contribution >= 0.6 is 27.5 Å². The first-order valence-corrected chi connectivity index (χ1v) is 11.1. The first-order chi connectivity index (χ1) is 15.3. The first-order valence-electron chi connectivity index (χ1n) is 9.96. The molecule has 4 rings (SSSR count). The lowest BCUT2D eigenvalue weighted by atomic mass is 9.90. The third kappa shape index (κ3) is 6.09. The highest BCUT2D eigenvalue weighted by atomic mass is 79.9. The van der Waals surface area contributed by atoms with Crippen LogP contribution in [0.3, 0.4) is 0 Å². The van der Waals surface area contributed by atoms with E-state index in [4.69, 9.17) is 17.4 Å². The highest BCUT2D eigenvalue weighted by molar-refractivity contribution is 9.10. The van der Waals surface area contributed by atoms with E-state index in [0.717, 1.165) is 10.2 Å². The van der Waals surface area contributed by atoms with Crippen LogP contribution in [-0.2, 0) is 0 Å². The molecule has 0 fully saturated rings. The fraction of sp³-hybridized carbons (Fsp3) is 0.167. The van der Waals surface area contributed by atoms with Gasteiger partial charge in [0.05, 0.1) is 6.04 Å². The van der Waals surface area contributed by atoms with Crippen LogP contribution in [0, 0.1) is 13.8 Å². The number of nitrogens with two attached hydrogens (primary N) is 1. The molecule has 8 heteroatoms. The second-order valence-corrected chi connectivity index (χ2v) is 8.83. The molecule has 1 unspecified atom stereocenters. The van der Waals surface area contributed by atoms with Crippen LogP contribution in [0.1, 0.15) is 39.5 Å². The maximum absolute atomic E-state index is 12.3. The smallest absolute Gasteiger partial charge is 0.333 e. The second-order valence-electron chi connectivity index (χ2n) is 7.48. The number of nitrogens with one attached hydrogen (secondary N) is 3. The molecule has 2 amide bonds. The van der Waals surface area contributed by atoms with Gasteiger partial charge in [-0.3, -0.25) is 10.2 Å². The Morgan fingerprint density at radius 1 is 1.09 bits per heavy atom. The second kappa shape index (κ2) is 10.6. The minimum atomic E-state index is -0.433. The number of urea groups is 1. The quantitative estimate of drug-likeness (QED) is 0.187. The highest BCUT2D eigenvalue weighted by Crippen LogP contribution is 2.35. The lowest BCUT2D eigenvalue weighted by Crippen LogP contribution is -2.34. The van der Waals surface area contributed by atoms with Gasteiger partial charge >= 0.3 is 6.03 Å². The van der Waals surface area contributed by atoms with E-state index < -0.39 is 6.03 Å². The Bertz CT molecular complexity index is 1140. The highest BCUT2D eigenvalue weighted by Gasteiger charge is 2.26. The Morgan fingerprint density at radius 3 is 2.47 bits per heavy atom. The number of amides is 2. The molecule has 1 aliphatic heterocycles. The summed E-state index contributed by atoms with van der Waals surface area (Å²) in [5, 5.41) is 6.58. The van der Waals surface area contributed by atoms with E-state index in [2.05, 4.69) is 58.6 Å². The van der Waals surface area contributed by atoms with Crippen LogP contribution in [0.25, 0.3) is 0 Å². The van der Waals surface area contributed by atoms with Gasteiger partial charge in [-0.25, -0.2) is 10.6 Å². The van der Waals surface area contributed by atoms with Crippen molar-refractivity contribution < 1.29 is 9.59 Å². The van der Waals surface area contributed by atoms with Crippen LogP contribution in [0.2, 0.25) is 5.02 Å². The third-order valence-corrected chi connectivity index (χ3v) is 5.80. The molecule has 1 heterocycles. The zero-order valence-corrected chi connectivity index (χ0v) is 20.0. The average Bonchev–Trinajstić information content (AvgIpc) is 2.76. The van der Waals surface area contributed by atoms with E-state index in [-0.39, 0.29) is 11.8 Å². The topological polar surface area (TPSA) is 96.2 Å². The molecule has 6 nitrogen and oxygen atoms in total. The van der Waals surface area contributed by atoms with E-state index in [1.54, 1.807) is 18.2 Å². The van der Waals surface area contributed by atoms with Gasteiger partial charge in [-0.1, -0.05) is 51.3 Å². The summed E-state index contributed by atoms with van der Waals surface area (Å²) in [6.07, 6.45) is 0.469. The number of aryl methyl sites for hydroxylation is 2. The molecule has 0 aliphatic carbocycles. The Balaban J connectivity index is 0.000000207. The summed E-state index contributed by atoms with van der Waals surface area (Å²) in [4.78, 5) is 23.0. The van der Waals surface area contributed by atoms with E-state index in [0.29, 0.717) is 22.7 Å². The van der Waals surface area contributed by atoms with Crippen LogP contribution in [-0.4, -0.2) is 11.8 Å². The molecule has 0 radical (unpaired) electrons. The normalized spacial score (nSPS) is 14.4. The SMILES string of the molecule is Cc1ccc(C2CC(=O)c3cc(Cl)ccc3N2)c(C)c1.NNC(=O)Nc1ccc(Br)cc1. The number of carbonyl (C=O) groups excluding carboxylic acids is 2. The van der Waals surface area contributed by atoms with Gasteiger partial charge in [-0.2, -0.15) is 0 Å². The zero-order chi connectivity index (χ0) is 23.3. The number of hydrazine groups is 1. The molecule has 1 aliphatic rings. The maximum atomic E-state index is 12.3. The molecule has 0 saturated carbocycles. The monoisotopic (exact) mass is 514 g/mol. The van der Waals surface area contributed by atoms with E-state index in [1.165, 1.54) is 16.7 Å². The van der Waals surface area contributed by atoms with Crippen molar-refractivity contribution in [1.82, 2.24) is 5.43 Å². The van der Waals surface area contributed by atoms with Crippen LogP contribution in [0.4, 0.5) is 16.2 Å². The van der Waals surface area contributed by atoms with Gasteiger partial charge in [0, 0.05) is 32.9 Å².